The molecule has 0 saturated heterocycles. The minimum atomic E-state index is -1.38. The Kier molecular flexibility index (Phi) is 5.21. The first-order valence-corrected chi connectivity index (χ1v) is 11.4. The predicted octanol–water partition coefficient (Wildman–Crippen LogP) is 4.70. The molecule has 0 heterocycles. The summed E-state index contributed by atoms with van der Waals surface area (Å²) in [5, 5.41) is 1.51. The van der Waals surface area contributed by atoms with Gasteiger partial charge >= 0.3 is 0 Å². The number of rotatable bonds is 5. The van der Waals surface area contributed by atoms with Gasteiger partial charge in [-0.05, 0) is 25.3 Å². The molecule has 2 rings (SSSR count). The van der Waals surface area contributed by atoms with Crippen LogP contribution in [0.25, 0.3) is 0 Å². The molecule has 0 amide bonds. The number of allylic oxidation sites excluding steroid dienone is 2. The van der Waals surface area contributed by atoms with Crippen molar-refractivity contribution in [2.45, 2.75) is 58.2 Å². The lowest BCUT2D eigenvalue weighted by atomic mass is 9.72. The number of hydrogen-bond acceptors (Lipinski definition) is 1. The van der Waals surface area contributed by atoms with Crippen molar-refractivity contribution in [3.05, 3.63) is 42.5 Å². The van der Waals surface area contributed by atoms with Crippen molar-refractivity contribution < 1.29 is 4.79 Å². The lowest BCUT2D eigenvalue weighted by Gasteiger charge is -2.31. The fraction of sp³-hybridized carbons (Fsp3) is 0.526. The average molecular weight is 301 g/mol. The molecular weight excluding hydrogens is 272 g/mol. The highest BCUT2D eigenvalue weighted by Gasteiger charge is 2.33. The molecule has 0 aromatic heterocycles. The number of ketones is 1. The van der Waals surface area contributed by atoms with Gasteiger partial charge in [-0.25, -0.2) is 0 Å². The molecule has 2 heteroatoms. The van der Waals surface area contributed by atoms with Crippen LogP contribution in [0.15, 0.2) is 42.5 Å². The van der Waals surface area contributed by atoms with Gasteiger partial charge in [-0.3, -0.25) is 4.79 Å². The SMILES string of the molecule is CC1(C/C=C/C[Si](C)(C)c2ccccc2)CCCCC1=O. The van der Waals surface area contributed by atoms with Crippen LogP contribution in [-0.4, -0.2) is 13.9 Å². The monoisotopic (exact) mass is 300 g/mol. The maximum atomic E-state index is 12.1. The molecule has 0 bridgehead atoms. The molecule has 1 aliphatic rings. The van der Waals surface area contributed by atoms with Gasteiger partial charge in [0.1, 0.15) is 5.78 Å². The molecule has 0 N–H and O–H groups in total. The van der Waals surface area contributed by atoms with Gasteiger partial charge in [0.15, 0.2) is 0 Å². The molecule has 1 fully saturated rings. The molecule has 1 unspecified atom stereocenters. The van der Waals surface area contributed by atoms with Crippen molar-refractivity contribution in [3.8, 4) is 0 Å². The molecule has 1 atom stereocenters. The highest BCUT2D eigenvalue weighted by molar-refractivity contribution is 6.90. The van der Waals surface area contributed by atoms with Crippen LogP contribution in [0.5, 0.6) is 0 Å². The van der Waals surface area contributed by atoms with Gasteiger partial charge in [0.05, 0.1) is 8.07 Å². The minimum Gasteiger partial charge on any atom is -0.299 e. The largest absolute Gasteiger partial charge is 0.299 e. The lowest BCUT2D eigenvalue weighted by Crippen LogP contribution is -2.40. The van der Waals surface area contributed by atoms with E-state index in [0.29, 0.717) is 5.78 Å². The highest BCUT2D eigenvalue weighted by Crippen LogP contribution is 2.36. The molecule has 0 spiro atoms. The Hall–Kier alpha value is -1.15. The zero-order chi connectivity index (χ0) is 15.3. The zero-order valence-electron chi connectivity index (χ0n) is 13.7. The second-order valence-corrected chi connectivity index (χ2v) is 12.1. The van der Waals surface area contributed by atoms with E-state index < -0.39 is 8.07 Å². The summed E-state index contributed by atoms with van der Waals surface area (Å²) in [5.74, 6) is 0.470. The third-order valence-corrected chi connectivity index (χ3v) is 8.13. The first kappa shape index (κ1) is 16.2. The molecular formula is C19H28OSi. The lowest BCUT2D eigenvalue weighted by molar-refractivity contribution is -0.130. The maximum Gasteiger partial charge on any atom is 0.139 e. The molecule has 0 aliphatic heterocycles. The number of carbonyl (C=O) groups is 1. The van der Waals surface area contributed by atoms with Crippen LogP contribution >= 0.6 is 0 Å². The Bertz CT molecular complexity index is 504. The fourth-order valence-electron chi connectivity index (χ4n) is 3.19. The molecule has 21 heavy (non-hydrogen) atoms. The summed E-state index contributed by atoms with van der Waals surface area (Å²) in [4.78, 5) is 12.1. The van der Waals surface area contributed by atoms with E-state index in [1.54, 1.807) is 0 Å². The highest BCUT2D eigenvalue weighted by atomic mass is 28.3. The van der Waals surface area contributed by atoms with Crippen molar-refractivity contribution in [2.24, 2.45) is 5.41 Å². The van der Waals surface area contributed by atoms with E-state index in [1.807, 2.05) is 0 Å². The van der Waals surface area contributed by atoms with Crippen molar-refractivity contribution in [1.82, 2.24) is 0 Å². The fourth-order valence-corrected chi connectivity index (χ4v) is 5.27. The number of hydrogen-bond donors (Lipinski definition) is 0. The standard InChI is InChI=1S/C19H28OSi/c1-19(14-8-7-13-18(19)20)15-9-10-16-21(2,3)17-11-5-4-6-12-17/h4-6,9-12H,7-8,13-16H2,1-3H3/b10-9+. The Labute approximate surface area is 130 Å². The quantitative estimate of drug-likeness (QED) is 0.569. The van der Waals surface area contributed by atoms with Crippen LogP contribution in [0.1, 0.15) is 39.0 Å². The Morgan fingerprint density at radius 1 is 1.14 bits per heavy atom. The number of carbonyl (C=O) groups excluding carboxylic acids is 1. The number of benzene rings is 1. The van der Waals surface area contributed by atoms with Crippen LogP contribution < -0.4 is 5.19 Å². The van der Waals surface area contributed by atoms with Gasteiger partial charge in [-0.15, -0.1) is 0 Å². The summed E-state index contributed by atoms with van der Waals surface area (Å²) < 4.78 is 0. The summed E-state index contributed by atoms with van der Waals surface area (Å²) >= 11 is 0. The minimum absolute atomic E-state index is 0.0901. The van der Waals surface area contributed by atoms with Gasteiger partial charge < -0.3 is 0 Å². The Morgan fingerprint density at radius 2 is 1.86 bits per heavy atom. The van der Waals surface area contributed by atoms with E-state index in [-0.39, 0.29) is 5.41 Å². The summed E-state index contributed by atoms with van der Waals surface area (Å²) in [6.07, 6.45) is 9.66. The molecule has 1 aliphatic carbocycles. The zero-order valence-corrected chi connectivity index (χ0v) is 14.7. The van der Waals surface area contributed by atoms with Crippen LogP contribution in [0.2, 0.25) is 19.1 Å². The van der Waals surface area contributed by atoms with E-state index in [2.05, 4.69) is 62.5 Å². The van der Waals surface area contributed by atoms with Crippen LogP contribution in [-0.2, 0) is 4.79 Å². The predicted molar refractivity (Wildman–Crippen MR) is 93.7 cm³/mol. The van der Waals surface area contributed by atoms with Crippen molar-refractivity contribution in [3.63, 3.8) is 0 Å². The van der Waals surface area contributed by atoms with Gasteiger partial charge in [-0.2, -0.15) is 0 Å². The van der Waals surface area contributed by atoms with Crippen LogP contribution in [0, 0.1) is 5.41 Å². The van der Waals surface area contributed by atoms with Gasteiger partial charge in [0, 0.05) is 11.8 Å². The van der Waals surface area contributed by atoms with Crippen LogP contribution in [0.3, 0.4) is 0 Å². The topological polar surface area (TPSA) is 17.1 Å². The van der Waals surface area contributed by atoms with Gasteiger partial charge in [0.2, 0.25) is 0 Å². The summed E-state index contributed by atoms with van der Waals surface area (Å²) in [5.41, 5.74) is -0.0901. The third kappa shape index (κ3) is 4.16. The van der Waals surface area contributed by atoms with E-state index >= 15 is 0 Å². The Balaban J connectivity index is 1.92. The normalized spacial score (nSPS) is 23.7. The van der Waals surface area contributed by atoms with E-state index in [0.717, 1.165) is 31.7 Å². The van der Waals surface area contributed by atoms with Gasteiger partial charge in [0.25, 0.3) is 0 Å². The van der Waals surface area contributed by atoms with Crippen molar-refractivity contribution in [1.29, 1.82) is 0 Å². The number of Topliss-reactive ketones (excluding diaryl/α,β-unsaturated/α-hetero) is 1. The second kappa shape index (κ2) is 6.74. The molecule has 1 saturated carbocycles. The molecule has 1 nitrogen and oxygen atoms in total. The molecule has 1 aromatic carbocycles. The summed E-state index contributed by atoms with van der Waals surface area (Å²) in [7, 11) is -1.38. The van der Waals surface area contributed by atoms with Crippen molar-refractivity contribution >= 4 is 19.0 Å². The average Bonchev–Trinajstić information content (AvgIpc) is 2.48. The third-order valence-electron chi connectivity index (χ3n) is 4.97. The van der Waals surface area contributed by atoms with Crippen molar-refractivity contribution in [2.75, 3.05) is 0 Å². The molecule has 0 radical (unpaired) electrons. The summed E-state index contributed by atoms with van der Waals surface area (Å²) in [6.45, 7) is 6.99. The second-order valence-electron chi connectivity index (χ2n) is 7.32. The van der Waals surface area contributed by atoms with E-state index in [4.69, 9.17) is 0 Å². The maximum absolute atomic E-state index is 12.1. The molecule has 1 aromatic rings. The first-order valence-electron chi connectivity index (χ1n) is 8.18. The van der Waals surface area contributed by atoms with Gasteiger partial charge in [-0.1, -0.05) is 74.1 Å². The Morgan fingerprint density at radius 3 is 2.52 bits per heavy atom. The van der Waals surface area contributed by atoms with Crippen LogP contribution in [0.4, 0.5) is 0 Å². The smallest absolute Gasteiger partial charge is 0.139 e. The summed E-state index contributed by atoms with van der Waals surface area (Å²) in [6, 6.07) is 12.0. The van der Waals surface area contributed by atoms with E-state index in [9.17, 15) is 4.79 Å². The van der Waals surface area contributed by atoms with E-state index in [1.165, 1.54) is 11.6 Å². The molecule has 114 valence electrons. The first-order chi connectivity index (χ1) is 9.94.